The van der Waals surface area contributed by atoms with Crippen molar-refractivity contribution < 1.29 is 23.6 Å². The molecule has 10 nitrogen and oxygen atoms in total. The van der Waals surface area contributed by atoms with E-state index in [1.54, 1.807) is 6.07 Å². The van der Waals surface area contributed by atoms with Crippen LogP contribution in [0.15, 0.2) is 30.6 Å². The first-order valence-corrected chi connectivity index (χ1v) is 10.3. The fourth-order valence-corrected chi connectivity index (χ4v) is 4.00. The maximum absolute atomic E-state index is 14.2. The molecule has 3 aromatic rings. The number of amides is 1. The molecular weight excluding hydrogens is 429 g/mol. The molecule has 0 unspecified atom stereocenters. The summed E-state index contributed by atoms with van der Waals surface area (Å²) in [6.07, 6.45) is 1.24. The van der Waals surface area contributed by atoms with Crippen molar-refractivity contribution in [3.63, 3.8) is 0 Å². The molecule has 0 saturated carbocycles. The van der Waals surface area contributed by atoms with Gasteiger partial charge in [-0.25, -0.2) is 14.4 Å². The number of nitro groups is 1. The average Bonchev–Trinajstić information content (AvgIpc) is 3.21. The summed E-state index contributed by atoms with van der Waals surface area (Å²) in [7, 11) is 0. The van der Waals surface area contributed by atoms with Crippen molar-refractivity contribution in [3.8, 4) is 11.6 Å². The van der Waals surface area contributed by atoms with Gasteiger partial charge in [-0.2, -0.15) is 0 Å². The number of carbonyl (C=O) groups is 1. The van der Waals surface area contributed by atoms with E-state index in [9.17, 15) is 19.3 Å². The van der Waals surface area contributed by atoms with Crippen LogP contribution in [0.4, 0.5) is 10.1 Å². The van der Waals surface area contributed by atoms with Crippen molar-refractivity contribution in [3.05, 3.63) is 51.4 Å². The van der Waals surface area contributed by atoms with Crippen LogP contribution in [-0.2, 0) is 4.74 Å². The van der Waals surface area contributed by atoms with Crippen LogP contribution in [0, 0.1) is 15.9 Å². The van der Waals surface area contributed by atoms with Crippen LogP contribution in [0.2, 0.25) is 0 Å². The second kappa shape index (κ2) is 9.29. The van der Waals surface area contributed by atoms with Crippen LogP contribution in [0.25, 0.3) is 10.2 Å². The first kappa shape index (κ1) is 21.0. The first-order chi connectivity index (χ1) is 15.0. The molecule has 0 bridgehead atoms. The molecule has 162 valence electrons. The molecule has 1 saturated heterocycles. The number of rotatable bonds is 7. The molecule has 0 atom stereocenters. The largest absolute Gasteiger partial charge is 0.434 e. The van der Waals surface area contributed by atoms with E-state index in [1.165, 1.54) is 6.33 Å². The smallest absolute Gasteiger partial charge is 0.272 e. The lowest BCUT2D eigenvalue weighted by molar-refractivity contribution is -0.385. The minimum Gasteiger partial charge on any atom is -0.434 e. The van der Waals surface area contributed by atoms with Gasteiger partial charge in [0.2, 0.25) is 5.88 Å². The van der Waals surface area contributed by atoms with E-state index in [2.05, 4.69) is 20.2 Å². The number of nitrogens with one attached hydrogen (secondary N) is 1. The normalized spacial score (nSPS) is 14.5. The highest BCUT2D eigenvalue weighted by molar-refractivity contribution is 7.21. The monoisotopic (exact) mass is 447 g/mol. The molecule has 12 heteroatoms. The summed E-state index contributed by atoms with van der Waals surface area (Å²) in [5.41, 5.74) is 0.0977. The number of fused-ring (bicyclic) bond motifs is 1. The SMILES string of the molecule is O=C(NCCN1CCOCC1)c1cc2ncnc(Oc3ccc([N+](=O)[O-])cc3F)c2s1. The van der Waals surface area contributed by atoms with Gasteiger partial charge in [0.1, 0.15) is 11.0 Å². The van der Waals surface area contributed by atoms with E-state index >= 15 is 0 Å². The highest BCUT2D eigenvalue weighted by atomic mass is 32.1. The number of hydrogen-bond acceptors (Lipinski definition) is 9. The number of nitrogens with zero attached hydrogens (tertiary/aromatic N) is 4. The van der Waals surface area contributed by atoms with Crippen molar-refractivity contribution in [1.82, 2.24) is 20.2 Å². The van der Waals surface area contributed by atoms with E-state index in [1.807, 2.05) is 0 Å². The van der Waals surface area contributed by atoms with Gasteiger partial charge in [0.05, 0.1) is 34.6 Å². The third-order valence-corrected chi connectivity index (χ3v) is 5.76. The van der Waals surface area contributed by atoms with Crippen LogP contribution in [0.3, 0.4) is 0 Å². The van der Waals surface area contributed by atoms with Gasteiger partial charge in [0, 0.05) is 32.2 Å². The lowest BCUT2D eigenvalue weighted by Gasteiger charge is -2.26. The zero-order chi connectivity index (χ0) is 21.8. The molecule has 1 aliphatic rings. The Morgan fingerprint density at radius 1 is 1.32 bits per heavy atom. The Kier molecular flexibility index (Phi) is 6.30. The predicted molar refractivity (Wildman–Crippen MR) is 110 cm³/mol. The number of aromatic nitrogens is 2. The summed E-state index contributed by atoms with van der Waals surface area (Å²) in [4.78, 5) is 33.4. The van der Waals surface area contributed by atoms with Gasteiger partial charge < -0.3 is 14.8 Å². The number of non-ortho nitro benzene ring substituents is 1. The van der Waals surface area contributed by atoms with Gasteiger partial charge >= 0.3 is 0 Å². The average molecular weight is 447 g/mol. The molecule has 31 heavy (non-hydrogen) atoms. The number of carbonyl (C=O) groups excluding carboxylic acids is 1. The standard InChI is InChI=1S/C19H18FN5O5S/c20-13-9-12(25(27)28)1-2-15(13)30-19-17-14(22-11-23-19)10-16(31-17)18(26)21-3-4-24-5-7-29-8-6-24/h1-2,9-11H,3-8H2,(H,21,26). The van der Waals surface area contributed by atoms with E-state index in [0.717, 1.165) is 49.2 Å². The van der Waals surface area contributed by atoms with Crippen LogP contribution < -0.4 is 10.1 Å². The van der Waals surface area contributed by atoms with Gasteiger partial charge in [-0.3, -0.25) is 19.8 Å². The molecule has 1 aromatic carbocycles. The van der Waals surface area contributed by atoms with Crippen molar-refractivity contribution in [2.75, 3.05) is 39.4 Å². The van der Waals surface area contributed by atoms with E-state index in [4.69, 9.17) is 9.47 Å². The number of ether oxygens (including phenoxy) is 2. The predicted octanol–water partition coefficient (Wildman–Crippen LogP) is 2.59. The molecule has 0 radical (unpaired) electrons. The Balaban J connectivity index is 1.46. The van der Waals surface area contributed by atoms with Gasteiger partial charge in [-0.1, -0.05) is 0 Å². The van der Waals surface area contributed by atoms with E-state index < -0.39 is 10.7 Å². The quantitative estimate of drug-likeness (QED) is 0.434. The number of benzene rings is 1. The van der Waals surface area contributed by atoms with Crippen molar-refractivity contribution in [2.45, 2.75) is 0 Å². The number of morpholine rings is 1. The maximum atomic E-state index is 14.2. The molecule has 0 spiro atoms. The Bertz CT molecular complexity index is 1120. The molecule has 4 rings (SSSR count). The number of halogens is 1. The molecule has 1 fully saturated rings. The molecular formula is C19H18FN5O5S. The molecule has 1 amide bonds. The Morgan fingerprint density at radius 3 is 2.87 bits per heavy atom. The zero-order valence-corrected chi connectivity index (χ0v) is 17.1. The topological polar surface area (TPSA) is 120 Å². The maximum Gasteiger partial charge on any atom is 0.272 e. The third kappa shape index (κ3) is 4.93. The van der Waals surface area contributed by atoms with Gasteiger partial charge in [-0.05, 0) is 12.1 Å². The van der Waals surface area contributed by atoms with Crippen LogP contribution in [-0.4, -0.2) is 65.1 Å². The number of nitro benzene ring substituents is 1. The fourth-order valence-electron chi connectivity index (χ4n) is 3.05. The van der Waals surface area contributed by atoms with Crippen LogP contribution >= 0.6 is 11.3 Å². The van der Waals surface area contributed by atoms with Crippen molar-refractivity contribution in [1.29, 1.82) is 0 Å². The summed E-state index contributed by atoms with van der Waals surface area (Å²) in [6, 6.07) is 4.69. The fraction of sp³-hybridized carbons (Fsp3) is 0.316. The van der Waals surface area contributed by atoms with Crippen LogP contribution in [0.1, 0.15) is 9.67 Å². The molecule has 1 N–H and O–H groups in total. The second-order valence-corrected chi connectivity index (χ2v) is 7.74. The molecule has 1 aliphatic heterocycles. The minimum absolute atomic E-state index is 0.0649. The third-order valence-electron chi connectivity index (χ3n) is 4.65. The second-order valence-electron chi connectivity index (χ2n) is 6.69. The molecule has 3 heterocycles. The Labute approximate surface area is 179 Å². The highest BCUT2D eigenvalue weighted by Crippen LogP contribution is 2.34. The molecule has 2 aromatic heterocycles. The Morgan fingerprint density at radius 2 is 2.13 bits per heavy atom. The Hall–Kier alpha value is -3.22. The summed E-state index contributed by atoms with van der Waals surface area (Å²) in [5, 5.41) is 13.6. The first-order valence-electron chi connectivity index (χ1n) is 9.46. The number of thiophene rings is 1. The van der Waals surface area contributed by atoms with E-state index in [0.29, 0.717) is 34.9 Å². The summed E-state index contributed by atoms with van der Waals surface area (Å²) < 4.78 is 25.5. The lowest BCUT2D eigenvalue weighted by Crippen LogP contribution is -2.41. The minimum atomic E-state index is -0.890. The summed E-state index contributed by atoms with van der Waals surface area (Å²) in [5.74, 6) is -1.28. The van der Waals surface area contributed by atoms with Gasteiger partial charge in [0.15, 0.2) is 11.6 Å². The van der Waals surface area contributed by atoms with Gasteiger partial charge in [-0.15, -0.1) is 11.3 Å². The van der Waals surface area contributed by atoms with Crippen molar-refractivity contribution >= 4 is 33.1 Å². The zero-order valence-electron chi connectivity index (χ0n) is 16.2. The van der Waals surface area contributed by atoms with Crippen LogP contribution in [0.5, 0.6) is 11.6 Å². The number of hydrogen-bond donors (Lipinski definition) is 1. The van der Waals surface area contributed by atoms with Crippen molar-refractivity contribution in [2.24, 2.45) is 0 Å². The molecule has 0 aliphatic carbocycles. The lowest BCUT2D eigenvalue weighted by atomic mass is 10.3. The van der Waals surface area contributed by atoms with Gasteiger partial charge in [0.25, 0.3) is 11.6 Å². The van der Waals surface area contributed by atoms with E-state index in [-0.39, 0.29) is 23.2 Å². The summed E-state index contributed by atoms with van der Waals surface area (Å²) in [6.45, 7) is 4.30. The highest BCUT2D eigenvalue weighted by Gasteiger charge is 2.18. The summed E-state index contributed by atoms with van der Waals surface area (Å²) >= 11 is 1.12.